The van der Waals surface area contributed by atoms with Gasteiger partial charge in [0, 0.05) is 43.9 Å². The highest BCUT2D eigenvalue weighted by Gasteiger charge is 2.28. The van der Waals surface area contributed by atoms with Crippen molar-refractivity contribution in [3.05, 3.63) is 46.5 Å². The van der Waals surface area contributed by atoms with E-state index >= 15 is 0 Å². The van der Waals surface area contributed by atoms with Gasteiger partial charge in [0.1, 0.15) is 11.4 Å². The van der Waals surface area contributed by atoms with Gasteiger partial charge in [-0.05, 0) is 50.8 Å². The second kappa shape index (κ2) is 12.3. The predicted octanol–water partition coefficient (Wildman–Crippen LogP) is 4.29. The van der Waals surface area contributed by atoms with Crippen LogP contribution >= 0.6 is 35.3 Å². The molecule has 0 saturated carbocycles. The number of nitrogens with one attached hydrogen (secondary N) is 2. The second-order valence-electron chi connectivity index (χ2n) is 8.37. The van der Waals surface area contributed by atoms with E-state index in [0.717, 1.165) is 50.6 Å². The molecule has 1 saturated heterocycles. The van der Waals surface area contributed by atoms with Crippen LogP contribution in [-0.2, 0) is 17.6 Å². The number of carbonyl (C=O) groups is 1. The molecule has 7 nitrogen and oxygen atoms in total. The first-order valence-electron chi connectivity index (χ1n) is 10.5. The van der Waals surface area contributed by atoms with E-state index in [2.05, 4.69) is 33.0 Å². The number of guanidine groups is 1. The van der Waals surface area contributed by atoms with E-state index in [0.29, 0.717) is 6.54 Å². The molecule has 0 radical (unpaired) electrons. The molecule has 1 unspecified atom stereocenters. The van der Waals surface area contributed by atoms with E-state index < -0.39 is 5.60 Å². The molecule has 0 bridgehead atoms. The molecule has 1 aliphatic heterocycles. The molecule has 0 aromatic carbocycles. The number of likely N-dealkylation sites (tertiary alicyclic amines) is 1. The van der Waals surface area contributed by atoms with Crippen molar-refractivity contribution in [3.63, 3.8) is 0 Å². The fraction of sp³-hybridized carbons (Fsp3) is 0.545. The average Bonchev–Trinajstić information content (AvgIpc) is 3.42. The highest BCUT2D eigenvalue weighted by atomic mass is 127. The van der Waals surface area contributed by atoms with Gasteiger partial charge in [0.25, 0.3) is 0 Å². The van der Waals surface area contributed by atoms with Crippen LogP contribution in [0.5, 0.6) is 0 Å². The lowest BCUT2D eigenvalue weighted by molar-refractivity contribution is 0.0507. The van der Waals surface area contributed by atoms with Crippen LogP contribution in [0.25, 0.3) is 0 Å². The Morgan fingerprint density at radius 3 is 2.84 bits per heavy atom. The van der Waals surface area contributed by atoms with Crippen LogP contribution in [0, 0.1) is 0 Å². The van der Waals surface area contributed by atoms with Gasteiger partial charge in [-0.15, -0.1) is 35.3 Å². The molecule has 1 amide bonds. The maximum absolute atomic E-state index is 12.1. The monoisotopic (exact) mass is 560 g/mol. The van der Waals surface area contributed by atoms with Crippen LogP contribution in [0.3, 0.4) is 0 Å². The largest absolute Gasteiger partial charge is 0.469 e. The Bertz CT molecular complexity index is 803. The summed E-state index contributed by atoms with van der Waals surface area (Å²) in [4.78, 5) is 20.5. The van der Waals surface area contributed by atoms with Gasteiger partial charge in [0.15, 0.2) is 5.96 Å². The topological polar surface area (TPSA) is 79.1 Å². The van der Waals surface area contributed by atoms with Gasteiger partial charge in [0.05, 0.1) is 12.3 Å². The quantitative estimate of drug-likeness (QED) is 0.300. The number of alkyl carbamates (subject to hydrolysis) is 1. The number of aliphatic imine (C=N–C) groups is 1. The first-order chi connectivity index (χ1) is 14.4. The molecule has 3 heterocycles. The summed E-state index contributed by atoms with van der Waals surface area (Å²) < 4.78 is 10.8. The van der Waals surface area contributed by atoms with Crippen LogP contribution in [0.2, 0.25) is 0 Å². The average molecular weight is 561 g/mol. The minimum atomic E-state index is -0.496. The normalized spacial score (nSPS) is 16.7. The van der Waals surface area contributed by atoms with Crippen LogP contribution in [0.15, 0.2) is 45.3 Å². The Kier molecular flexibility index (Phi) is 10.1. The van der Waals surface area contributed by atoms with Crippen LogP contribution in [0.1, 0.15) is 37.8 Å². The molecule has 9 heteroatoms. The molecule has 2 aromatic heterocycles. The van der Waals surface area contributed by atoms with E-state index in [1.54, 1.807) is 17.6 Å². The first kappa shape index (κ1) is 25.5. The summed E-state index contributed by atoms with van der Waals surface area (Å²) in [6, 6.07) is 8.14. The highest BCUT2D eigenvalue weighted by molar-refractivity contribution is 14.0. The lowest BCUT2D eigenvalue weighted by Crippen LogP contribution is -2.44. The van der Waals surface area contributed by atoms with E-state index in [1.807, 2.05) is 32.9 Å². The maximum atomic E-state index is 12.1. The zero-order valence-electron chi connectivity index (χ0n) is 18.4. The number of ether oxygens (including phenoxy) is 1. The molecule has 2 N–H and O–H groups in total. The van der Waals surface area contributed by atoms with Crippen molar-refractivity contribution in [1.29, 1.82) is 0 Å². The standard InChI is InChI=1S/C22H32N4O3S.HI/c1-22(2,3)29-21(27)25-17-10-13-26(16-17)20(23-11-8-18-6-4-14-28-18)24-12-9-19-7-5-15-30-19;/h4-7,14-15,17H,8-13,16H2,1-3H3,(H,23,24)(H,25,27);1H. The molecule has 172 valence electrons. The molecular formula is C22H33IN4O3S. The van der Waals surface area contributed by atoms with Crippen molar-refractivity contribution >= 4 is 47.4 Å². The molecule has 0 spiro atoms. The summed E-state index contributed by atoms with van der Waals surface area (Å²) in [6.07, 6.45) is 3.91. The number of halogens is 1. The number of nitrogens with zero attached hydrogens (tertiary/aromatic N) is 2. The maximum Gasteiger partial charge on any atom is 0.407 e. The van der Waals surface area contributed by atoms with E-state index in [4.69, 9.17) is 14.1 Å². The number of thiophene rings is 1. The minimum absolute atomic E-state index is 0. The van der Waals surface area contributed by atoms with Crippen molar-refractivity contribution < 1.29 is 13.9 Å². The number of hydrogen-bond donors (Lipinski definition) is 2. The Hall–Kier alpha value is -1.75. The third-order valence-corrected chi connectivity index (χ3v) is 5.58. The van der Waals surface area contributed by atoms with Gasteiger partial charge < -0.3 is 24.7 Å². The zero-order valence-corrected chi connectivity index (χ0v) is 21.6. The predicted molar refractivity (Wildman–Crippen MR) is 136 cm³/mol. The van der Waals surface area contributed by atoms with Gasteiger partial charge in [-0.3, -0.25) is 4.99 Å². The summed E-state index contributed by atoms with van der Waals surface area (Å²) in [5.41, 5.74) is -0.496. The number of rotatable bonds is 7. The minimum Gasteiger partial charge on any atom is -0.469 e. The highest BCUT2D eigenvalue weighted by Crippen LogP contribution is 2.13. The Labute approximate surface area is 205 Å². The fourth-order valence-electron chi connectivity index (χ4n) is 3.29. The molecule has 31 heavy (non-hydrogen) atoms. The molecule has 1 aliphatic rings. The molecule has 3 rings (SSSR count). The van der Waals surface area contributed by atoms with Gasteiger partial charge in [-0.1, -0.05) is 6.07 Å². The van der Waals surface area contributed by atoms with Gasteiger partial charge in [-0.25, -0.2) is 4.79 Å². The Balaban J connectivity index is 0.00000341. The molecule has 1 fully saturated rings. The summed E-state index contributed by atoms with van der Waals surface area (Å²) >= 11 is 1.76. The SMILES string of the molecule is CC(C)(C)OC(=O)NC1CCN(C(=NCCc2cccs2)NCCc2ccco2)C1.I. The number of carbonyl (C=O) groups excluding carboxylic acids is 1. The van der Waals surface area contributed by atoms with Crippen LogP contribution in [0.4, 0.5) is 4.79 Å². The number of furan rings is 1. The number of hydrogen-bond acceptors (Lipinski definition) is 5. The first-order valence-corrected chi connectivity index (χ1v) is 11.3. The summed E-state index contributed by atoms with van der Waals surface area (Å²) in [5, 5.41) is 8.54. The van der Waals surface area contributed by atoms with E-state index in [-0.39, 0.29) is 36.1 Å². The second-order valence-corrected chi connectivity index (χ2v) is 9.40. The number of amides is 1. The van der Waals surface area contributed by atoms with Crippen molar-refractivity contribution in [2.24, 2.45) is 4.99 Å². The van der Waals surface area contributed by atoms with Crippen molar-refractivity contribution in [1.82, 2.24) is 15.5 Å². The summed E-state index contributed by atoms with van der Waals surface area (Å²) in [6.45, 7) is 8.63. The van der Waals surface area contributed by atoms with E-state index in [9.17, 15) is 4.79 Å². The lowest BCUT2D eigenvalue weighted by Gasteiger charge is -2.23. The summed E-state index contributed by atoms with van der Waals surface area (Å²) in [5.74, 6) is 1.83. The molecule has 2 aromatic rings. The zero-order chi connectivity index (χ0) is 21.4. The van der Waals surface area contributed by atoms with Gasteiger partial charge in [0.2, 0.25) is 0 Å². The molecule has 0 aliphatic carbocycles. The van der Waals surface area contributed by atoms with Crippen molar-refractivity contribution in [2.45, 2.75) is 51.7 Å². The van der Waals surface area contributed by atoms with Crippen molar-refractivity contribution in [3.8, 4) is 0 Å². The third kappa shape index (κ3) is 9.10. The van der Waals surface area contributed by atoms with Crippen LogP contribution in [-0.4, -0.2) is 54.8 Å². The molecular weight excluding hydrogens is 527 g/mol. The summed E-state index contributed by atoms with van der Waals surface area (Å²) in [7, 11) is 0. The van der Waals surface area contributed by atoms with Crippen LogP contribution < -0.4 is 10.6 Å². The smallest absolute Gasteiger partial charge is 0.407 e. The van der Waals surface area contributed by atoms with Gasteiger partial charge >= 0.3 is 6.09 Å². The Morgan fingerprint density at radius 2 is 2.16 bits per heavy atom. The van der Waals surface area contributed by atoms with E-state index in [1.165, 1.54) is 4.88 Å². The lowest BCUT2D eigenvalue weighted by atomic mass is 10.2. The molecule has 1 atom stereocenters. The fourth-order valence-corrected chi connectivity index (χ4v) is 3.99. The third-order valence-electron chi connectivity index (χ3n) is 4.64. The Morgan fingerprint density at radius 1 is 1.32 bits per heavy atom. The van der Waals surface area contributed by atoms with Gasteiger partial charge in [-0.2, -0.15) is 0 Å². The van der Waals surface area contributed by atoms with Crippen molar-refractivity contribution in [2.75, 3.05) is 26.2 Å².